The maximum atomic E-state index is 4.80. The quantitative estimate of drug-likeness (QED) is 0.167. The highest BCUT2D eigenvalue weighted by atomic mass is 15.5. The predicted octanol–water partition coefficient (Wildman–Crippen LogP) is 7.57. The molecule has 4 aromatic rings. The van der Waals surface area contributed by atoms with Crippen molar-refractivity contribution in [1.82, 2.24) is 0 Å². The van der Waals surface area contributed by atoms with Crippen LogP contribution < -0.4 is 9.91 Å². The molecule has 0 radical (unpaired) electrons. The molecule has 0 amide bonds. The second-order valence-corrected chi connectivity index (χ2v) is 7.70. The molecular formula is C29H27N3. The second kappa shape index (κ2) is 10.3. The zero-order chi connectivity index (χ0) is 22.2. The van der Waals surface area contributed by atoms with Gasteiger partial charge in [0.1, 0.15) is 0 Å². The first-order chi connectivity index (χ1) is 15.7. The van der Waals surface area contributed by atoms with Crippen molar-refractivity contribution in [2.24, 2.45) is 5.10 Å². The summed E-state index contributed by atoms with van der Waals surface area (Å²) in [6.07, 6.45) is 1.90. The van der Waals surface area contributed by atoms with E-state index in [0.29, 0.717) is 0 Å². The van der Waals surface area contributed by atoms with Gasteiger partial charge in [-0.1, -0.05) is 78.9 Å². The predicted molar refractivity (Wildman–Crippen MR) is 137 cm³/mol. The normalized spacial score (nSPS) is 10.8. The van der Waals surface area contributed by atoms with Gasteiger partial charge >= 0.3 is 0 Å². The average molecular weight is 418 g/mol. The van der Waals surface area contributed by atoms with Crippen molar-refractivity contribution in [1.29, 1.82) is 0 Å². The molecule has 4 rings (SSSR count). The van der Waals surface area contributed by atoms with Gasteiger partial charge in [-0.25, -0.2) is 5.01 Å². The van der Waals surface area contributed by atoms with Gasteiger partial charge in [-0.15, -0.1) is 0 Å². The van der Waals surface area contributed by atoms with E-state index in [4.69, 9.17) is 5.10 Å². The van der Waals surface area contributed by atoms with Crippen molar-refractivity contribution in [3.8, 4) is 0 Å². The largest absolute Gasteiger partial charge is 0.337 e. The Labute approximate surface area is 190 Å². The first-order valence-corrected chi connectivity index (χ1v) is 10.7. The molecule has 0 unspecified atom stereocenters. The summed E-state index contributed by atoms with van der Waals surface area (Å²) in [5.74, 6) is 0. The molecule has 0 fully saturated rings. The molecule has 4 aromatic carbocycles. The number of hydrazone groups is 1. The molecule has 0 N–H and O–H groups in total. The minimum atomic E-state index is 0.771. The third-order valence-electron chi connectivity index (χ3n) is 5.02. The Morgan fingerprint density at radius 3 is 1.56 bits per heavy atom. The van der Waals surface area contributed by atoms with Crippen LogP contribution in [0.15, 0.2) is 133 Å². The van der Waals surface area contributed by atoms with Crippen LogP contribution in [0, 0.1) is 0 Å². The smallest absolute Gasteiger partial charge is 0.0652 e. The summed E-state index contributed by atoms with van der Waals surface area (Å²) in [5.41, 5.74) is 6.46. The summed E-state index contributed by atoms with van der Waals surface area (Å²) < 4.78 is 0. The van der Waals surface area contributed by atoms with E-state index in [1.54, 1.807) is 0 Å². The standard InChI is InChI=1S/C29H27N3/c1-24(2)23-31(26-12-6-3-7-13-26)27-20-18-25(19-21-27)22-30-32(28-14-8-4-9-15-28)29-16-10-5-11-17-29/h3-22H,1,23H2,2H3. The van der Waals surface area contributed by atoms with Crippen LogP contribution in [0.5, 0.6) is 0 Å². The Hall–Kier alpha value is -4.11. The highest BCUT2D eigenvalue weighted by Gasteiger charge is 2.10. The van der Waals surface area contributed by atoms with Crippen LogP contribution in [0.2, 0.25) is 0 Å². The van der Waals surface area contributed by atoms with E-state index in [1.807, 2.05) is 53.7 Å². The monoisotopic (exact) mass is 417 g/mol. The van der Waals surface area contributed by atoms with Gasteiger partial charge in [-0.05, 0) is 61.0 Å². The first kappa shape index (κ1) is 21.1. The topological polar surface area (TPSA) is 18.8 Å². The fourth-order valence-electron chi connectivity index (χ4n) is 3.50. The lowest BCUT2D eigenvalue weighted by Gasteiger charge is -2.25. The molecule has 0 aromatic heterocycles. The average Bonchev–Trinajstić information content (AvgIpc) is 2.85. The zero-order valence-corrected chi connectivity index (χ0v) is 18.3. The highest BCUT2D eigenvalue weighted by molar-refractivity contribution is 5.83. The van der Waals surface area contributed by atoms with Crippen LogP contribution in [-0.2, 0) is 0 Å². The Morgan fingerprint density at radius 1 is 0.656 bits per heavy atom. The van der Waals surface area contributed by atoms with Gasteiger partial charge in [-0.3, -0.25) is 0 Å². The van der Waals surface area contributed by atoms with Crippen molar-refractivity contribution < 1.29 is 0 Å². The number of para-hydroxylation sites is 3. The van der Waals surface area contributed by atoms with Gasteiger partial charge in [-0.2, -0.15) is 5.10 Å². The molecule has 158 valence electrons. The molecule has 3 heteroatoms. The molecule has 0 saturated heterocycles. The maximum absolute atomic E-state index is 4.80. The van der Waals surface area contributed by atoms with E-state index in [1.165, 1.54) is 0 Å². The summed E-state index contributed by atoms with van der Waals surface area (Å²) in [6.45, 7) is 6.93. The van der Waals surface area contributed by atoms with Crippen LogP contribution in [-0.4, -0.2) is 12.8 Å². The van der Waals surface area contributed by atoms with Gasteiger partial charge in [0.2, 0.25) is 0 Å². The Morgan fingerprint density at radius 2 is 1.09 bits per heavy atom. The Kier molecular flexibility index (Phi) is 6.78. The summed E-state index contributed by atoms with van der Waals surface area (Å²) >= 11 is 0. The molecule has 0 spiro atoms. The van der Waals surface area contributed by atoms with Gasteiger partial charge in [0.05, 0.1) is 17.6 Å². The summed E-state index contributed by atoms with van der Waals surface area (Å²) in [6, 6.07) is 39.2. The number of hydrogen-bond donors (Lipinski definition) is 0. The van der Waals surface area contributed by atoms with E-state index in [9.17, 15) is 0 Å². The van der Waals surface area contributed by atoms with Crippen molar-refractivity contribution in [3.05, 3.63) is 133 Å². The number of anilines is 4. The van der Waals surface area contributed by atoms with E-state index in [0.717, 1.165) is 40.4 Å². The second-order valence-electron chi connectivity index (χ2n) is 7.70. The summed E-state index contributed by atoms with van der Waals surface area (Å²) in [5, 5.41) is 6.75. The molecule has 0 bridgehead atoms. The van der Waals surface area contributed by atoms with Crippen molar-refractivity contribution in [2.45, 2.75) is 6.92 Å². The number of benzene rings is 4. The van der Waals surface area contributed by atoms with Crippen molar-refractivity contribution in [3.63, 3.8) is 0 Å². The SMILES string of the molecule is C=C(C)CN(c1ccccc1)c1ccc(C=NN(c2ccccc2)c2ccccc2)cc1. The molecule has 32 heavy (non-hydrogen) atoms. The molecular weight excluding hydrogens is 390 g/mol. The van der Waals surface area contributed by atoms with E-state index in [2.05, 4.69) is 91.2 Å². The molecule has 0 aliphatic rings. The Bertz CT molecular complexity index is 1110. The lowest BCUT2D eigenvalue weighted by Crippen LogP contribution is -2.18. The lowest BCUT2D eigenvalue weighted by atomic mass is 10.1. The van der Waals surface area contributed by atoms with E-state index >= 15 is 0 Å². The molecule has 3 nitrogen and oxygen atoms in total. The molecule has 0 aliphatic heterocycles. The molecule has 0 aliphatic carbocycles. The van der Waals surface area contributed by atoms with Gasteiger partial charge in [0, 0.05) is 17.9 Å². The molecule has 0 heterocycles. The minimum absolute atomic E-state index is 0.771. The Balaban J connectivity index is 1.59. The lowest BCUT2D eigenvalue weighted by molar-refractivity contribution is 1.04. The van der Waals surface area contributed by atoms with Crippen molar-refractivity contribution in [2.75, 3.05) is 16.5 Å². The number of nitrogens with zero attached hydrogens (tertiary/aromatic N) is 3. The molecule has 0 saturated carbocycles. The van der Waals surface area contributed by atoms with Crippen LogP contribution >= 0.6 is 0 Å². The molecule has 0 atom stereocenters. The third-order valence-corrected chi connectivity index (χ3v) is 5.02. The van der Waals surface area contributed by atoms with Crippen LogP contribution in [0.25, 0.3) is 0 Å². The maximum Gasteiger partial charge on any atom is 0.0652 e. The van der Waals surface area contributed by atoms with Gasteiger partial charge in [0.25, 0.3) is 0 Å². The number of rotatable bonds is 8. The highest BCUT2D eigenvalue weighted by Crippen LogP contribution is 2.27. The zero-order valence-electron chi connectivity index (χ0n) is 18.3. The first-order valence-electron chi connectivity index (χ1n) is 10.7. The van der Waals surface area contributed by atoms with Crippen LogP contribution in [0.1, 0.15) is 12.5 Å². The fourth-order valence-corrected chi connectivity index (χ4v) is 3.50. The van der Waals surface area contributed by atoms with E-state index < -0.39 is 0 Å². The van der Waals surface area contributed by atoms with Crippen LogP contribution in [0.3, 0.4) is 0 Å². The van der Waals surface area contributed by atoms with Gasteiger partial charge in [0.15, 0.2) is 0 Å². The minimum Gasteiger partial charge on any atom is -0.337 e. The van der Waals surface area contributed by atoms with E-state index in [-0.39, 0.29) is 0 Å². The number of hydrogen-bond acceptors (Lipinski definition) is 3. The summed E-state index contributed by atoms with van der Waals surface area (Å²) in [4.78, 5) is 2.27. The third kappa shape index (κ3) is 5.32. The fraction of sp³-hybridized carbons (Fsp3) is 0.0690. The van der Waals surface area contributed by atoms with Crippen molar-refractivity contribution >= 4 is 29.0 Å². The van der Waals surface area contributed by atoms with Gasteiger partial charge < -0.3 is 4.90 Å². The van der Waals surface area contributed by atoms with Crippen LogP contribution in [0.4, 0.5) is 22.7 Å². The summed E-state index contributed by atoms with van der Waals surface area (Å²) in [7, 11) is 0.